The second-order valence-corrected chi connectivity index (χ2v) is 5.50. The van der Waals surface area contributed by atoms with Crippen molar-refractivity contribution in [2.75, 3.05) is 0 Å². The summed E-state index contributed by atoms with van der Waals surface area (Å²) in [4.78, 5) is 0. The molecule has 2 aliphatic carbocycles. The van der Waals surface area contributed by atoms with Crippen LogP contribution >= 0.6 is 15.9 Å². The summed E-state index contributed by atoms with van der Waals surface area (Å²) in [6.07, 6.45) is 11.7. The minimum Gasteiger partial charge on any atom is -1.00 e. The van der Waals surface area contributed by atoms with Crippen molar-refractivity contribution in [2.45, 2.75) is 18.8 Å². The maximum atomic E-state index is 3.48. The number of hydrogen-bond donors (Lipinski definition) is 0. The van der Waals surface area contributed by atoms with Gasteiger partial charge in [0, 0.05) is 4.47 Å². The predicted octanol–water partition coefficient (Wildman–Crippen LogP) is -1.35. The van der Waals surface area contributed by atoms with Crippen molar-refractivity contribution in [1.29, 1.82) is 0 Å². The van der Waals surface area contributed by atoms with E-state index in [-0.39, 0.29) is 51.0 Å². The van der Waals surface area contributed by atoms with Crippen LogP contribution in [0.15, 0.2) is 52.5 Å². The second kappa shape index (κ2) is 8.72. The molecule has 0 nitrogen and oxygen atoms in total. The molecule has 19 heavy (non-hydrogen) atoms. The van der Waals surface area contributed by atoms with Gasteiger partial charge >= 0.3 is 26.2 Å². The molecule has 0 aliphatic heterocycles. The van der Waals surface area contributed by atoms with Crippen LogP contribution in [0.3, 0.4) is 0 Å². The van der Waals surface area contributed by atoms with Crippen molar-refractivity contribution in [1.82, 2.24) is 0 Å². The molecule has 0 heterocycles. The Hall–Kier alpha value is 0.513. The Balaban J connectivity index is 0.00000108. The third kappa shape index (κ3) is 4.49. The van der Waals surface area contributed by atoms with E-state index in [1.54, 1.807) is 0 Å². The maximum Gasteiger partial charge on any atom is 3.00 e. The topological polar surface area (TPSA) is 0 Å². The molecule has 3 rings (SSSR count). The summed E-state index contributed by atoms with van der Waals surface area (Å²) in [5.74, 6) is 1.38. The van der Waals surface area contributed by atoms with Gasteiger partial charge in [0.05, 0.1) is 0 Å². The molecule has 1 saturated carbocycles. The Labute approximate surface area is 155 Å². The van der Waals surface area contributed by atoms with Crippen LogP contribution in [-0.4, -0.2) is 0 Å². The van der Waals surface area contributed by atoms with Crippen molar-refractivity contribution >= 4 is 15.9 Å². The van der Waals surface area contributed by atoms with Crippen LogP contribution in [0.4, 0.5) is 0 Å². The van der Waals surface area contributed by atoms with E-state index < -0.39 is 0 Å². The maximum absolute atomic E-state index is 3.48. The fourth-order valence-electron chi connectivity index (χ4n) is 2.67. The fourth-order valence-corrected chi connectivity index (χ4v) is 2.93. The molecule has 2 aliphatic rings. The molecular formula is C15H14BrCl2Zr. The summed E-state index contributed by atoms with van der Waals surface area (Å²) in [7, 11) is 0. The Morgan fingerprint density at radius 1 is 1.11 bits per heavy atom. The standard InChI is InChI=1S/C15H14Br.2ClH.Zr/c16-15-7-5-11(6-8-15)14-9-12-3-1-2-4-13(12)10-14;;;/h1-3,5-9,13-14H,4,10H2;2*1H;/q-1;;;+3/p-2. The zero-order valence-corrected chi connectivity index (χ0v) is 15.9. The molecule has 0 saturated heterocycles. The number of allylic oxidation sites excluding steroid dienone is 4. The van der Waals surface area contributed by atoms with Gasteiger partial charge in [-0.1, -0.05) is 46.0 Å². The van der Waals surface area contributed by atoms with Crippen molar-refractivity contribution in [3.05, 3.63) is 64.5 Å². The third-order valence-electron chi connectivity index (χ3n) is 3.55. The van der Waals surface area contributed by atoms with Gasteiger partial charge in [-0.15, -0.1) is 12.2 Å². The molecule has 1 aromatic carbocycles. The number of benzene rings is 1. The first kappa shape index (κ1) is 19.5. The largest absolute Gasteiger partial charge is 3.00 e. The SMILES string of the molecule is Brc1ccc(C2[CH-]C3=CC=CCC3C2)cc1.[Cl-].[Cl-].[Zr+3]. The number of halogens is 3. The molecule has 99 valence electrons. The average Bonchev–Trinajstić information content (AvgIpc) is 2.73. The molecule has 4 heteroatoms. The molecular weight excluding hydrogens is 422 g/mol. The first-order valence-electron chi connectivity index (χ1n) is 5.80. The zero-order chi connectivity index (χ0) is 11.0. The van der Waals surface area contributed by atoms with Crippen LogP contribution in [0, 0.1) is 12.3 Å². The molecule has 2 unspecified atom stereocenters. The minimum atomic E-state index is 0. The molecule has 0 amide bonds. The van der Waals surface area contributed by atoms with Crippen molar-refractivity contribution in [2.24, 2.45) is 5.92 Å². The Kier molecular flexibility index (Phi) is 8.96. The molecule has 0 N–H and O–H groups in total. The molecule has 0 aromatic heterocycles. The van der Waals surface area contributed by atoms with Gasteiger partial charge in [-0.2, -0.15) is 0 Å². The van der Waals surface area contributed by atoms with Gasteiger partial charge in [0.1, 0.15) is 0 Å². The normalized spacial score (nSPS) is 22.9. The van der Waals surface area contributed by atoms with E-state index in [1.165, 1.54) is 24.0 Å². The van der Waals surface area contributed by atoms with E-state index in [4.69, 9.17) is 0 Å². The van der Waals surface area contributed by atoms with Gasteiger partial charge in [-0.3, -0.25) is 0 Å². The molecule has 0 bridgehead atoms. The van der Waals surface area contributed by atoms with Crippen LogP contribution in [0.5, 0.6) is 0 Å². The van der Waals surface area contributed by atoms with Crippen molar-refractivity contribution in [3.63, 3.8) is 0 Å². The predicted molar refractivity (Wildman–Crippen MR) is 71.1 cm³/mol. The van der Waals surface area contributed by atoms with Crippen LogP contribution in [-0.2, 0) is 26.2 Å². The zero-order valence-electron chi connectivity index (χ0n) is 10.3. The summed E-state index contributed by atoms with van der Waals surface area (Å²) in [6.45, 7) is 0. The quantitative estimate of drug-likeness (QED) is 0.478. The summed E-state index contributed by atoms with van der Waals surface area (Å²) >= 11 is 3.48. The number of rotatable bonds is 1. The van der Waals surface area contributed by atoms with Gasteiger partial charge in [0.15, 0.2) is 0 Å². The van der Waals surface area contributed by atoms with Crippen LogP contribution in [0.25, 0.3) is 0 Å². The van der Waals surface area contributed by atoms with Gasteiger partial charge < -0.3 is 24.8 Å². The molecule has 0 spiro atoms. The average molecular weight is 436 g/mol. The first-order valence-corrected chi connectivity index (χ1v) is 6.59. The molecule has 1 fully saturated rings. The number of fused-ring (bicyclic) bond motifs is 1. The van der Waals surface area contributed by atoms with E-state index in [2.05, 4.69) is 64.8 Å². The molecule has 2 atom stereocenters. The second-order valence-electron chi connectivity index (χ2n) is 4.59. The van der Waals surface area contributed by atoms with Gasteiger partial charge in [0.25, 0.3) is 0 Å². The summed E-state index contributed by atoms with van der Waals surface area (Å²) in [6, 6.07) is 8.74. The fraction of sp³-hybridized carbons (Fsp3) is 0.267. The molecule has 1 aromatic rings. The summed E-state index contributed by atoms with van der Waals surface area (Å²) in [5.41, 5.74) is 2.98. The van der Waals surface area contributed by atoms with Crippen LogP contribution in [0.1, 0.15) is 24.3 Å². The van der Waals surface area contributed by atoms with Crippen LogP contribution < -0.4 is 24.8 Å². The van der Waals surface area contributed by atoms with Crippen molar-refractivity contribution in [3.8, 4) is 0 Å². The summed E-state index contributed by atoms with van der Waals surface area (Å²) in [5, 5.41) is 0. The van der Waals surface area contributed by atoms with Gasteiger partial charge in [-0.25, -0.2) is 18.1 Å². The van der Waals surface area contributed by atoms with E-state index >= 15 is 0 Å². The monoisotopic (exact) mass is 433 g/mol. The Bertz CT molecular complexity index is 454. The van der Waals surface area contributed by atoms with E-state index in [0.29, 0.717) is 5.92 Å². The van der Waals surface area contributed by atoms with E-state index in [1.807, 2.05) is 0 Å². The minimum absolute atomic E-state index is 0. The Morgan fingerprint density at radius 3 is 2.42 bits per heavy atom. The smallest absolute Gasteiger partial charge is 1.00 e. The van der Waals surface area contributed by atoms with Crippen molar-refractivity contribution < 1.29 is 51.0 Å². The third-order valence-corrected chi connectivity index (χ3v) is 4.08. The first-order chi connectivity index (χ1) is 7.83. The van der Waals surface area contributed by atoms with E-state index in [0.717, 1.165) is 10.4 Å². The summed E-state index contributed by atoms with van der Waals surface area (Å²) < 4.78 is 1.16. The Morgan fingerprint density at radius 2 is 1.79 bits per heavy atom. The van der Waals surface area contributed by atoms with Crippen LogP contribution in [0.2, 0.25) is 0 Å². The van der Waals surface area contributed by atoms with E-state index in [9.17, 15) is 0 Å². The number of hydrogen-bond acceptors (Lipinski definition) is 0. The van der Waals surface area contributed by atoms with Gasteiger partial charge in [0.2, 0.25) is 0 Å². The van der Waals surface area contributed by atoms with Gasteiger partial charge in [-0.05, 0) is 24.5 Å². The molecule has 1 radical (unpaired) electrons.